The quantitative estimate of drug-likeness (QED) is 0.810. The van der Waals surface area contributed by atoms with E-state index in [1.54, 1.807) is 5.38 Å². The fourth-order valence-electron chi connectivity index (χ4n) is 1.23. The topological polar surface area (TPSA) is 80.9 Å². The molecule has 3 N–H and O–H groups in total. The number of thiazole rings is 1. The van der Waals surface area contributed by atoms with Crippen LogP contribution in [0, 0.1) is 5.95 Å². The standard InChI is InChI=1S/C10H9FN4OS/c11-7-2-1-3-8(14-7)15-9(16)4-6-5-17-10(12)13-6/h1-3,5H,4H2,(H2,12,13)(H,14,15,16). The SMILES string of the molecule is Nc1nc(CC(=O)Nc2cccc(F)n2)cs1. The first-order chi connectivity index (χ1) is 8.13. The van der Waals surface area contributed by atoms with E-state index in [2.05, 4.69) is 15.3 Å². The van der Waals surface area contributed by atoms with Crippen LogP contribution in [0.3, 0.4) is 0 Å². The number of carbonyl (C=O) groups excluding carboxylic acids is 1. The molecular formula is C10H9FN4OS. The highest BCUT2D eigenvalue weighted by Gasteiger charge is 2.07. The van der Waals surface area contributed by atoms with Crippen molar-refractivity contribution in [2.75, 3.05) is 11.1 Å². The molecule has 2 aromatic heterocycles. The van der Waals surface area contributed by atoms with E-state index in [9.17, 15) is 9.18 Å². The Morgan fingerprint density at radius 3 is 2.94 bits per heavy atom. The minimum Gasteiger partial charge on any atom is -0.375 e. The van der Waals surface area contributed by atoms with Gasteiger partial charge in [0.25, 0.3) is 0 Å². The summed E-state index contributed by atoms with van der Waals surface area (Å²) in [6.07, 6.45) is 0.0892. The highest BCUT2D eigenvalue weighted by Crippen LogP contribution is 2.12. The number of amides is 1. The van der Waals surface area contributed by atoms with Gasteiger partial charge in [-0.1, -0.05) is 6.07 Å². The van der Waals surface area contributed by atoms with E-state index in [1.807, 2.05) is 0 Å². The van der Waals surface area contributed by atoms with Gasteiger partial charge in [-0.2, -0.15) is 4.39 Å². The molecule has 0 radical (unpaired) electrons. The van der Waals surface area contributed by atoms with Gasteiger partial charge < -0.3 is 11.1 Å². The zero-order valence-corrected chi connectivity index (χ0v) is 9.50. The summed E-state index contributed by atoms with van der Waals surface area (Å²) < 4.78 is 12.8. The van der Waals surface area contributed by atoms with Crippen molar-refractivity contribution in [1.29, 1.82) is 0 Å². The van der Waals surface area contributed by atoms with Crippen LogP contribution >= 0.6 is 11.3 Å². The highest BCUT2D eigenvalue weighted by molar-refractivity contribution is 7.13. The Bertz CT molecular complexity index is 543. The van der Waals surface area contributed by atoms with Gasteiger partial charge in [-0.3, -0.25) is 4.79 Å². The molecular weight excluding hydrogens is 243 g/mol. The largest absolute Gasteiger partial charge is 0.375 e. The number of hydrogen-bond donors (Lipinski definition) is 2. The van der Waals surface area contributed by atoms with Crippen LogP contribution in [0.5, 0.6) is 0 Å². The fraction of sp³-hybridized carbons (Fsp3) is 0.100. The molecule has 2 aromatic rings. The second-order valence-electron chi connectivity index (χ2n) is 3.25. The lowest BCUT2D eigenvalue weighted by Crippen LogP contribution is -2.15. The third kappa shape index (κ3) is 3.22. The van der Waals surface area contributed by atoms with E-state index in [4.69, 9.17) is 5.73 Å². The number of anilines is 2. The number of pyridine rings is 1. The maximum atomic E-state index is 12.8. The van der Waals surface area contributed by atoms with Crippen molar-refractivity contribution in [2.24, 2.45) is 0 Å². The Kier molecular flexibility index (Phi) is 3.29. The van der Waals surface area contributed by atoms with Crippen molar-refractivity contribution in [3.63, 3.8) is 0 Å². The van der Waals surface area contributed by atoms with E-state index in [0.29, 0.717) is 10.8 Å². The molecule has 0 aliphatic rings. The van der Waals surface area contributed by atoms with Crippen LogP contribution in [-0.4, -0.2) is 15.9 Å². The number of nitrogens with zero attached hydrogens (tertiary/aromatic N) is 2. The van der Waals surface area contributed by atoms with Crippen LogP contribution in [0.25, 0.3) is 0 Å². The number of nitrogens with one attached hydrogen (secondary N) is 1. The Labute approximate surface area is 101 Å². The summed E-state index contributed by atoms with van der Waals surface area (Å²) in [5.41, 5.74) is 6.03. The molecule has 0 fully saturated rings. The number of aromatic nitrogens is 2. The predicted octanol–water partition coefficient (Wildman–Crippen LogP) is 1.44. The second-order valence-corrected chi connectivity index (χ2v) is 4.14. The number of carbonyl (C=O) groups is 1. The first-order valence-electron chi connectivity index (χ1n) is 4.76. The van der Waals surface area contributed by atoms with Gasteiger partial charge in [-0.25, -0.2) is 9.97 Å². The van der Waals surface area contributed by atoms with E-state index in [0.717, 1.165) is 0 Å². The van der Waals surface area contributed by atoms with Crippen molar-refractivity contribution in [3.8, 4) is 0 Å². The predicted molar refractivity (Wildman–Crippen MR) is 63.1 cm³/mol. The van der Waals surface area contributed by atoms with Gasteiger partial charge in [-0.05, 0) is 12.1 Å². The first-order valence-corrected chi connectivity index (χ1v) is 5.64. The summed E-state index contributed by atoms with van der Waals surface area (Å²) in [6.45, 7) is 0. The second kappa shape index (κ2) is 4.88. The van der Waals surface area contributed by atoms with Crippen molar-refractivity contribution in [2.45, 2.75) is 6.42 Å². The smallest absolute Gasteiger partial charge is 0.231 e. The summed E-state index contributed by atoms with van der Waals surface area (Å²) in [4.78, 5) is 19.0. The van der Waals surface area contributed by atoms with Gasteiger partial charge in [0.05, 0.1) is 12.1 Å². The van der Waals surface area contributed by atoms with Crippen molar-refractivity contribution in [1.82, 2.24) is 9.97 Å². The molecule has 0 atom stereocenters. The van der Waals surface area contributed by atoms with Crippen LogP contribution in [0.15, 0.2) is 23.6 Å². The minimum atomic E-state index is -0.638. The van der Waals surface area contributed by atoms with E-state index in [1.165, 1.54) is 29.5 Å². The van der Waals surface area contributed by atoms with Gasteiger partial charge in [0.1, 0.15) is 5.82 Å². The molecule has 17 heavy (non-hydrogen) atoms. The van der Waals surface area contributed by atoms with Crippen LogP contribution in [0.2, 0.25) is 0 Å². The zero-order chi connectivity index (χ0) is 12.3. The number of halogens is 1. The highest BCUT2D eigenvalue weighted by atomic mass is 32.1. The Hall–Kier alpha value is -2.02. The third-order valence-electron chi connectivity index (χ3n) is 1.89. The van der Waals surface area contributed by atoms with Gasteiger partial charge in [-0.15, -0.1) is 11.3 Å². The average Bonchev–Trinajstić information content (AvgIpc) is 2.63. The molecule has 5 nitrogen and oxygen atoms in total. The molecule has 0 saturated carbocycles. The molecule has 0 unspecified atom stereocenters. The van der Waals surface area contributed by atoms with Crippen LogP contribution in [0.1, 0.15) is 5.69 Å². The van der Waals surface area contributed by atoms with Crippen LogP contribution < -0.4 is 11.1 Å². The van der Waals surface area contributed by atoms with Crippen molar-refractivity contribution in [3.05, 3.63) is 35.2 Å². The third-order valence-corrected chi connectivity index (χ3v) is 2.62. The summed E-state index contributed by atoms with van der Waals surface area (Å²) >= 11 is 1.27. The number of nitrogens with two attached hydrogens (primary N) is 1. The van der Waals surface area contributed by atoms with Gasteiger partial charge in [0, 0.05) is 5.38 Å². The van der Waals surface area contributed by atoms with Crippen LogP contribution in [-0.2, 0) is 11.2 Å². The fourth-order valence-corrected chi connectivity index (χ4v) is 1.80. The molecule has 88 valence electrons. The first kappa shape index (κ1) is 11.5. The molecule has 1 amide bonds. The summed E-state index contributed by atoms with van der Waals surface area (Å²) in [5.74, 6) is -0.771. The van der Waals surface area contributed by atoms with Crippen molar-refractivity contribution < 1.29 is 9.18 Å². The van der Waals surface area contributed by atoms with E-state index in [-0.39, 0.29) is 18.1 Å². The van der Waals surface area contributed by atoms with Gasteiger partial charge >= 0.3 is 0 Å². The summed E-state index contributed by atoms with van der Waals surface area (Å²) in [6, 6.07) is 4.19. The van der Waals surface area contributed by atoms with Crippen LogP contribution in [0.4, 0.5) is 15.3 Å². The lowest BCUT2D eigenvalue weighted by molar-refractivity contribution is -0.115. The van der Waals surface area contributed by atoms with Gasteiger partial charge in [0.15, 0.2) is 5.13 Å². The lowest BCUT2D eigenvalue weighted by Gasteiger charge is -2.02. The minimum absolute atomic E-state index is 0.0892. The number of nitrogen functional groups attached to an aromatic ring is 1. The van der Waals surface area contributed by atoms with Crippen molar-refractivity contribution >= 4 is 28.2 Å². The lowest BCUT2D eigenvalue weighted by atomic mass is 10.3. The molecule has 0 saturated heterocycles. The Morgan fingerprint density at radius 1 is 1.47 bits per heavy atom. The molecule has 0 bridgehead atoms. The molecule has 2 rings (SSSR count). The molecule has 0 aromatic carbocycles. The molecule has 7 heteroatoms. The maximum Gasteiger partial charge on any atom is 0.231 e. The number of hydrogen-bond acceptors (Lipinski definition) is 5. The zero-order valence-electron chi connectivity index (χ0n) is 8.68. The Morgan fingerprint density at radius 2 is 2.29 bits per heavy atom. The normalized spacial score (nSPS) is 10.2. The number of rotatable bonds is 3. The molecule has 2 heterocycles. The molecule has 0 aliphatic carbocycles. The summed E-state index contributed by atoms with van der Waals surface area (Å²) in [7, 11) is 0. The monoisotopic (exact) mass is 252 g/mol. The molecule has 0 spiro atoms. The Balaban J connectivity index is 1.98. The summed E-state index contributed by atoms with van der Waals surface area (Å²) in [5, 5.41) is 4.59. The van der Waals surface area contributed by atoms with E-state index < -0.39 is 5.95 Å². The van der Waals surface area contributed by atoms with Gasteiger partial charge in [0.2, 0.25) is 11.9 Å². The molecule has 0 aliphatic heterocycles. The average molecular weight is 252 g/mol. The maximum absolute atomic E-state index is 12.8. The van der Waals surface area contributed by atoms with E-state index >= 15 is 0 Å².